The Kier molecular flexibility index (Phi) is 6.15. The third-order valence-corrected chi connectivity index (χ3v) is 5.66. The number of hydrazine groups is 1. The standard InChI is InChI=1S/C17H34N2/c1-13(2)6-5-9-17(19-18)16-11-10-14-7-3-4-8-15(14)12-16/h13-17,19H,3-12,18H2,1-2H3. The molecular formula is C17H34N2. The van der Waals surface area contributed by atoms with Crippen LogP contribution in [0.15, 0.2) is 0 Å². The maximum atomic E-state index is 5.84. The van der Waals surface area contributed by atoms with Gasteiger partial charge in [0.2, 0.25) is 0 Å². The minimum Gasteiger partial charge on any atom is -0.271 e. The maximum Gasteiger partial charge on any atom is 0.0238 e. The highest BCUT2D eigenvalue weighted by atomic mass is 15.2. The summed E-state index contributed by atoms with van der Waals surface area (Å²) >= 11 is 0. The van der Waals surface area contributed by atoms with E-state index < -0.39 is 0 Å². The van der Waals surface area contributed by atoms with Gasteiger partial charge in [0, 0.05) is 6.04 Å². The summed E-state index contributed by atoms with van der Waals surface area (Å²) < 4.78 is 0. The van der Waals surface area contributed by atoms with E-state index in [4.69, 9.17) is 5.84 Å². The highest BCUT2D eigenvalue weighted by Gasteiger charge is 2.34. The third kappa shape index (κ3) is 4.46. The molecule has 0 saturated heterocycles. The predicted molar refractivity (Wildman–Crippen MR) is 82.6 cm³/mol. The Morgan fingerprint density at radius 1 is 1.00 bits per heavy atom. The fourth-order valence-electron chi connectivity index (χ4n) is 4.48. The molecule has 2 heteroatoms. The van der Waals surface area contributed by atoms with E-state index in [-0.39, 0.29) is 0 Å². The number of rotatable bonds is 6. The summed E-state index contributed by atoms with van der Waals surface area (Å²) in [6.45, 7) is 4.64. The summed E-state index contributed by atoms with van der Waals surface area (Å²) in [7, 11) is 0. The van der Waals surface area contributed by atoms with Gasteiger partial charge in [-0.15, -0.1) is 0 Å². The molecular weight excluding hydrogens is 232 g/mol. The molecule has 19 heavy (non-hydrogen) atoms. The molecule has 2 aliphatic carbocycles. The third-order valence-electron chi connectivity index (χ3n) is 5.66. The van der Waals surface area contributed by atoms with Crippen LogP contribution in [0.1, 0.15) is 78.1 Å². The lowest BCUT2D eigenvalue weighted by Crippen LogP contribution is -2.44. The van der Waals surface area contributed by atoms with E-state index in [1.54, 1.807) is 0 Å². The molecule has 0 aromatic carbocycles. The predicted octanol–water partition coefficient (Wildman–Crippen LogP) is 4.25. The van der Waals surface area contributed by atoms with Gasteiger partial charge in [0.05, 0.1) is 0 Å². The first-order chi connectivity index (χ1) is 9.20. The van der Waals surface area contributed by atoms with Crippen molar-refractivity contribution in [2.24, 2.45) is 29.5 Å². The van der Waals surface area contributed by atoms with Crippen LogP contribution < -0.4 is 11.3 Å². The first-order valence-corrected chi connectivity index (χ1v) is 8.66. The smallest absolute Gasteiger partial charge is 0.0238 e. The van der Waals surface area contributed by atoms with Gasteiger partial charge < -0.3 is 0 Å². The second-order valence-electron chi connectivity index (χ2n) is 7.48. The minimum absolute atomic E-state index is 0.571. The van der Waals surface area contributed by atoms with Crippen LogP contribution >= 0.6 is 0 Å². The Morgan fingerprint density at radius 3 is 2.42 bits per heavy atom. The van der Waals surface area contributed by atoms with Gasteiger partial charge in [-0.2, -0.15) is 0 Å². The Labute approximate surface area is 119 Å². The van der Waals surface area contributed by atoms with E-state index in [2.05, 4.69) is 19.3 Å². The molecule has 0 aromatic rings. The Hall–Kier alpha value is -0.0800. The minimum atomic E-state index is 0.571. The van der Waals surface area contributed by atoms with Gasteiger partial charge in [0.25, 0.3) is 0 Å². The van der Waals surface area contributed by atoms with Crippen molar-refractivity contribution >= 4 is 0 Å². The Bertz CT molecular complexity index is 252. The largest absolute Gasteiger partial charge is 0.271 e. The van der Waals surface area contributed by atoms with Gasteiger partial charge in [0.1, 0.15) is 0 Å². The Morgan fingerprint density at radius 2 is 1.74 bits per heavy atom. The molecule has 2 saturated carbocycles. The molecule has 0 heterocycles. The lowest BCUT2D eigenvalue weighted by molar-refractivity contribution is 0.106. The van der Waals surface area contributed by atoms with Crippen molar-refractivity contribution in [2.45, 2.75) is 84.1 Å². The average molecular weight is 266 g/mol. The molecule has 0 aromatic heterocycles. The first-order valence-electron chi connectivity index (χ1n) is 8.66. The normalized spacial score (nSPS) is 33.2. The van der Waals surface area contributed by atoms with Gasteiger partial charge in [-0.3, -0.25) is 11.3 Å². The quantitative estimate of drug-likeness (QED) is 0.557. The monoisotopic (exact) mass is 266 g/mol. The fraction of sp³-hybridized carbons (Fsp3) is 1.00. The first kappa shape index (κ1) is 15.3. The molecule has 2 fully saturated rings. The van der Waals surface area contributed by atoms with Crippen molar-refractivity contribution in [3.8, 4) is 0 Å². The van der Waals surface area contributed by atoms with Gasteiger partial charge in [-0.05, 0) is 49.4 Å². The average Bonchev–Trinajstić information content (AvgIpc) is 2.43. The summed E-state index contributed by atoms with van der Waals surface area (Å²) in [5.41, 5.74) is 3.14. The zero-order chi connectivity index (χ0) is 13.7. The van der Waals surface area contributed by atoms with Crippen LogP contribution in [0.25, 0.3) is 0 Å². The maximum absolute atomic E-state index is 5.84. The number of hydrogen-bond acceptors (Lipinski definition) is 2. The zero-order valence-corrected chi connectivity index (χ0v) is 13.0. The number of fused-ring (bicyclic) bond motifs is 1. The molecule has 0 aliphatic heterocycles. The molecule has 0 radical (unpaired) electrons. The summed E-state index contributed by atoms with van der Waals surface area (Å²) in [6, 6.07) is 0.571. The number of nitrogens with two attached hydrogens (primary N) is 1. The number of hydrogen-bond donors (Lipinski definition) is 2. The van der Waals surface area contributed by atoms with E-state index in [1.807, 2.05) is 0 Å². The lowest BCUT2D eigenvalue weighted by atomic mass is 9.66. The van der Waals surface area contributed by atoms with E-state index >= 15 is 0 Å². The topological polar surface area (TPSA) is 38.0 Å². The molecule has 4 unspecified atom stereocenters. The van der Waals surface area contributed by atoms with Crippen LogP contribution in [0.4, 0.5) is 0 Å². The SMILES string of the molecule is CC(C)CCCC(NN)C1CCC2CCCCC2C1. The van der Waals surface area contributed by atoms with Gasteiger partial charge >= 0.3 is 0 Å². The second kappa shape index (κ2) is 7.64. The van der Waals surface area contributed by atoms with Crippen molar-refractivity contribution in [1.82, 2.24) is 5.43 Å². The van der Waals surface area contributed by atoms with E-state index in [0.717, 1.165) is 23.7 Å². The van der Waals surface area contributed by atoms with Gasteiger partial charge in [-0.25, -0.2) is 0 Å². The summed E-state index contributed by atoms with van der Waals surface area (Å²) in [5.74, 6) is 9.59. The highest BCUT2D eigenvalue weighted by Crippen LogP contribution is 2.43. The van der Waals surface area contributed by atoms with E-state index in [9.17, 15) is 0 Å². The molecule has 0 spiro atoms. The van der Waals surface area contributed by atoms with Crippen LogP contribution in [-0.4, -0.2) is 6.04 Å². The van der Waals surface area contributed by atoms with E-state index in [0.29, 0.717) is 6.04 Å². The molecule has 0 amide bonds. The van der Waals surface area contributed by atoms with Crippen LogP contribution in [0.2, 0.25) is 0 Å². The van der Waals surface area contributed by atoms with Crippen LogP contribution in [0.5, 0.6) is 0 Å². The van der Waals surface area contributed by atoms with Crippen LogP contribution in [0, 0.1) is 23.7 Å². The number of nitrogens with one attached hydrogen (secondary N) is 1. The molecule has 2 aliphatic rings. The summed E-state index contributed by atoms with van der Waals surface area (Å²) in [5, 5.41) is 0. The molecule has 2 rings (SSSR count). The zero-order valence-electron chi connectivity index (χ0n) is 13.0. The summed E-state index contributed by atoms with van der Waals surface area (Å²) in [4.78, 5) is 0. The van der Waals surface area contributed by atoms with Gasteiger partial charge in [-0.1, -0.05) is 52.4 Å². The summed E-state index contributed by atoms with van der Waals surface area (Å²) in [6.07, 6.45) is 14.2. The fourth-order valence-corrected chi connectivity index (χ4v) is 4.48. The van der Waals surface area contributed by atoms with Crippen LogP contribution in [0.3, 0.4) is 0 Å². The van der Waals surface area contributed by atoms with Gasteiger partial charge in [0.15, 0.2) is 0 Å². The van der Waals surface area contributed by atoms with Crippen molar-refractivity contribution in [3.05, 3.63) is 0 Å². The van der Waals surface area contributed by atoms with Crippen molar-refractivity contribution in [2.75, 3.05) is 0 Å². The second-order valence-corrected chi connectivity index (χ2v) is 7.48. The molecule has 0 bridgehead atoms. The molecule has 4 atom stereocenters. The lowest BCUT2D eigenvalue weighted by Gasteiger charge is -2.42. The van der Waals surface area contributed by atoms with E-state index in [1.165, 1.54) is 64.2 Å². The molecule has 3 N–H and O–H groups in total. The van der Waals surface area contributed by atoms with Crippen molar-refractivity contribution in [1.29, 1.82) is 0 Å². The van der Waals surface area contributed by atoms with Crippen LogP contribution in [-0.2, 0) is 0 Å². The molecule has 2 nitrogen and oxygen atoms in total. The highest BCUT2D eigenvalue weighted by molar-refractivity contribution is 4.87. The molecule has 112 valence electrons. The Balaban J connectivity index is 1.78. The van der Waals surface area contributed by atoms with Crippen molar-refractivity contribution < 1.29 is 0 Å². The van der Waals surface area contributed by atoms with Crippen molar-refractivity contribution in [3.63, 3.8) is 0 Å².